The van der Waals surface area contributed by atoms with Gasteiger partial charge in [-0.1, -0.05) is 18.5 Å². The highest BCUT2D eigenvalue weighted by Gasteiger charge is 2.20. The molecule has 0 saturated carbocycles. The molecule has 1 fully saturated rings. The Balaban J connectivity index is 1.82. The quantitative estimate of drug-likeness (QED) is 0.829. The summed E-state index contributed by atoms with van der Waals surface area (Å²) in [6.07, 6.45) is 1.31. The zero-order valence-electron chi connectivity index (χ0n) is 12.6. The maximum Gasteiger partial charge on any atom is 0.147 e. The molecule has 0 N–H and O–H groups in total. The Bertz CT molecular complexity index is 552. The van der Waals surface area contributed by atoms with Crippen molar-refractivity contribution in [2.45, 2.75) is 6.92 Å². The smallest absolute Gasteiger partial charge is 0.147 e. The largest absolute Gasteiger partial charge is 0.369 e. The van der Waals surface area contributed by atoms with Crippen LogP contribution in [0.4, 0.5) is 5.69 Å². The van der Waals surface area contributed by atoms with E-state index < -0.39 is 9.84 Å². The van der Waals surface area contributed by atoms with E-state index in [-0.39, 0.29) is 11.7 Å². The Morgan fingerprint density at radius 1 is 1.14 bits per heavy atom. The Hall–Kier alpha value is -0.780. The van der Waals surface area contributed by atoms with Crippen molar-refractivity contribution >= 4 is 27.1 Å². The predicted molar refractivity (Wildman–Crippen MR) is 89.0 cm³/mol. The summed E-state index contributed by atoms with van der Waals surface area (Å²) in [4.78, 5) is 4.69. The zero-order chi connectivity index (χ0) is 15.5. The van der Waals surface area contributed by atoms with Crippen LogP contribution in [-0.2, 0) is 9.84 Å². The minimum Gasteiger partial charge on any atom is -0.369 e. The van der Waals surface area contributed by atoms with Crippen LogP contribution in [0.25, 0.3) is 0 Å². The van der Waals surface area contributed by atoms with Crippen LogP contribution in [0.5, 0.6) is 0 Å². The standard InChI is InChI=1S/C15H23ClN2O2S/c1-13(12-21(2,19)20)11-17-7-9-18(10-8-17)15-5-3-14(16)4-6-15/h3-6,13H,7-12H2,1-2H3/t13-/m0/s1. The second-order valence-electron chi connectivity index (χ2n) is 5.96. The third-order valence-electron chi connectivity index (χ3n) is 3.72. The first-order valence-corrected chi connectivity index (χ1v) is 9.68. The molecule has 118 valence electrons. The average molecular weight is 331 g/mol. The van der Waals surface area contributed by atoms with Gasteiger partial charge in [-0.2, -0.15) is 0 Å². The molecule has 1 atom stereocenters. The van der Waals surface area contributed by atoms with Crippen molar-refractivity contribution in [1.29, 1.82) is 0 Å². The first-order valence-electron chi connectivity index (χ1n) is 7.24. The molecule has 1 aliphatic heterocycles. The number of hydrogen-bond acceptors (Lipinski definition) is 4. The van der Waals surface area contributed by atoms with Crippen LogP contribution in [0.2, 0.25) is 5.02 Å². The number of halogens is 1. The van der Waals surface area contributed by atoms with Crippen molar-refractivity contribution in [3.8, 4) is 0 Å². The average Bonchev–Trinajstić information content (AvgIpc) is 2.38. The number of piperazine rings is 1. The fourth-order valence-electron chi connectivity index (χ4n) is 2.85. The van der Waals surface area contributed by atoms with Gasteiger partial charge in [0.15, 0.2) is 0 Å². The van der Waals surface area contributed by atoms with Crippen LogP contribution in [0.1, 0.15) is 6.92 Å². The van der Waals surface area contributed by atoms with E-state index in [4.69, 9.17) is 11.6 Å². The molecule has 1 aliphatic rings. The van der Waals surface area contributed by atoms with Crippen molar-refractivity contribution in [2.24, 2.45) is 5.92 Å². The van der Waals surface area contributed by atoms with Crippen LogP contribution in [0, 0.1) is 5.92 Å². The first-order chi connectivity index (χ1) is 9.83. The topological polar surface area (TPSA) is 40.6 Å². The number of sulfone groups is 1. The molecule has 0 spiro atoms. The molecule has 0 amide bonds. The van der Waals surface area contributed by atoms with E-state index in [1.54, 1.807) is 0 Å². The highest BCUT2D eigenvalue weighted by molar-refractivity contribution is 7.90. The summed E-state index contributed by atoms with van der Waals surface area (Å²) in [6, 6.07) is 7.92. The van der Waals surface area contributed by atoms with Crippen LogP contribution in [0.3, 0.4) is 0 Å². The summed E-state index contributed by atoms with van der Waals surface area (Å²) < 4.78 is 22.6. The predicted octanol–water partition coefficient (Wildman–Crippen LogP) is 2.14. The van der Waals surface area contributed by atoms with Gasteiger partial charge in [0.1, 0.15) is 9.84 Å². The van der Waals surface area contributed by atoms with Gasteiger partial charge < -0.3 is 4.90 Å². The number of hydrogen-bond donors (Lipinski definition) is 0. The molecule has 1 aromatic rings. The third kappa shape index (κ3) is 5.49. The number of rotatable bonds is 5. The van der Waals surface area contributed by atoms with E-state index in [2.05, 4.69) is 9.80 Å². The number of nitrogens with zero attached hydrogens (tertiary/aromatic N) is 2. The van der Waals surface area contributed by atoms with E-state index in [1.165, 1.54) is 11.9 Å². The van der Waals surface area contributed by atoms with Gasteiger partial charge in [-0.25, -0.2) is 8.42 Å². The van der Waals surface area contributed by atoms with E-state index in [1.807, 2.05) is 31.2 Å². The van der Waals surface area contributed by atoms with Crippen molar-refractivity contribution in [3.63, 3.8) is 0 Å². The monoisotopic (exact) mass is 330 g/mol. The van der Waals surface area contributed by atoms with E-state index in [0.717, 1.165) is 37.7 Å². The van der Waals surface area contributed by atoms with Gasteiger partial charge in [-0.3, -0.25) is 4.90 Å². The fraction of sp³-hybridized carbons (Fsp3) is 0.600. The molecule has 4 nitrogen and oxygen atoms in total. The molecular weight excluding hydrogens is 308 g/mol. The molecule has 0 unspecified atom stereocenters. The lowest BCUT2D eigenvalue weighted by atomic mass is 10.2. The van der Waals surface area contributed by atoms with Crippen LogP contribution >= 0.6 is 11.6 Å². The fourth-order valence-corrected chi connectivity index (χ4v) is 4.12. The summed E-state index contributed by atoms with van der Waals surface area (Å²) in [6.45, 7) is 6.72. The first kappa shape index (κ1) is 16.6. The van der Waals surface area contributed by atoms with Crippen LogP contribution < -0.4 is 4.90 Å². The maximum atomic E-state index is 11.3. The summed E-state index contributed by atoms with van der Waals surface area (Å²) in [5, 5.41) is 0.756. The van der Waals surface area contributed by atoms with Gasteiger partial charge >= 0.3 is 0 Å². The molecule has 6 heteroatoms. The molecule has 1 saturated heterocycles. The minimum atomic E-state index is -2.88. The van der Waals surface area contributed by atoms with Gasteiger partial charge in [0.2, 0.25) is 0 Å². The molecule has 1 heterocycles. The lowest BCUT2D eigenvalue weighted by molar-refractivity contribution is 0.232. The van der Waals surface area contributed by atoms with Crippen LogP contribution in [0.15, 0.2) is 24.3 Å². The number of benzene rings is 1. The van der Waals surface area contributed by atoms with Gasteiger partial charge in [-0.15, -0.1) is 0 Å². The molecule has 0 radical (unpaired) electrons. The van der Waals surface area contributed by atoms with E-state index in [9.17, 15) is 8.42 Å². The highest BCUT2D eigenvalue weighted by Crippen LogP contribution is 2.19. The summed E-state index contributed by atoms with van der Waals surface area (Å²) in [7, 11) is -2.88. The Morgan fingerprint density at radius 2 is 1.71 bits per heavy atom. The second-order valence-corrected chi connectivity index (χ2v) is 8.58. The van der Waals surface area contributed by atoms with Crippen LogP contribution in [-0.4, -0.2) is 58.1 Å². The second kappa shape index (κ2) is 6.99. The highest BCUT2D eigenvalue weighted by atomic mass is 35.5. The molecule has 2 rings (SSSR count). The van der Waals surface area contributed by atoms with E-state index in [0.29, 0.717) is 0 Å². The van der Waals surface area contributed by atoms with Gasteiger partial charge in [-0.05, 0) is 30.2 Å². The van der Waals surface area contributed by atoms with Crippen molar-refractivity contribution in [1.82, 2.24) is 4.90 Å². The van der Waals surface area contributed by atoms with Gasteiger partial charge in [0, 0.05) is 49.7 Å². The van der Waals surface area contributed by atoms with Crippen molar-refractivity contribution < 1.29 is 8.42 Å². The molecule has 1 aromatic carbocycles. The summed E-state index contributed by atoms with van der Waals surface area (Å²) >= 11 is 5.91. The molecular formula is C15H23ClN2O2S. The maximum absolute atomic E-state index is 11.3. The number of anilines is 1. The van der Waals surface area contributed by atoms with E-state index >= 15 is 0 Å². The van der Waals surface area contributed by atoms with Gasteiger partial charge in [0.25, 0.3) is 0 Å². The molecule has 21 heavy (non-hydrogen) atoms. The lowest BCUT2D eigenvalue weighted by Gasteiger charge is -2.37. The normalized spacial score (nSPS) is 18.7. The lowest BCUT2D eigenvalue weighted by Crippen LogP contribution is -2.48. The summed E-state index contributed by atoms with van der Waals surface area (Å²) in [5.41, 5.74) is 1.20. The summed E-state index contributed by atoms with van der Waals surface area (Å²) in [5.74, 6) is 0.451. The molecule has 0 aliphatic carbocycles. The molecule has 0 aromatic heterocycles. The Morgan fingerprint density at radius 3 is 2.24 bits per heavy atom. The SMILES string of the molecule is C[C@@H](CN1CCN(c2ccc(Cl)cc2)CC1)CS(C)(=O)=O. The zero-order valence-corrected chi connectivity index (χ0v) is 14.2. The Labute approximate surface area is 132 Å². The van der Waals surface area contributed by atoms with Crippen molar-refractivity contribution in [3.05, 3.63) is 29.3 Å². The van der Waals surface area contributed by atoms with Gasteiger partial charge in [0.05, 0.1) is 5.75 Å². The van der Waals surface area contributed by atoms with Crippen molar-refractivity contribution in [2.75, 3.05) is 49.6 Å². The molecule has 0 bridgehead atoms. The Kier molecular flexibility index (Phi) is 5.52. The third-order valence-corrected chi connectivity index (χ3v) is 5.15. The minimum absolute atomic E-state index is 0.182.